The molecule has 0 aliphatic carbocycles. The number of carbonyl (C=O) groups excluding carboxylic acids is 2. The van der Waals surface area contributed by atoms with Crippen LogP contribution in [0.5, 0.6) is 11.5 Å². The van der Waals surface area contributed by atoms with Crippen molar-refractivity contribution in [2.24, 2.45) is 0 Å². The van der Waals surface area contributed by atoms with Gasteiger partial charge in [-0.05, 0) is 25.0 Å². The molecule has 130 valence electrons. The third-order valence-corrected chi connectivity index (χ3v) is 3.50. The first-order valence-corrected chi connectivity index (χ1v) is 7.82. The van der Waals surface area contributed by atoms with E-state index in [1.54, 1.807) is 30.3 Å². The molecule has 0 radical (unpaired) electrons. The van der Waals surface area contributed by atoms with Gasteiger partial charge in [-0.3, -0.25) is 14.4 Å². The first-order chi connectivity index (χ1) is 12.0. The number of carboxylic acids is 1. The Labute approximate surface area is 144 Å². The Bertz CT molecular complexity index is 767. The van der Waals surface area contributed by atoms with Crippen molar-refractivity contribution in [3.05, 3.63) is 59.7 Å². The predicted octanol–water partition coefficient (Wildman–Crippen LogP) is 3.17. The van der Waals surface area contributed by atoms with Gasteiger partial charge in [0.05, 0.1) is 5.56 Å². The number of carbonyl (C=O) groups is 3. The van der Waals surface area contributed by atoms with Gasteiger partial charge in [0, 0.05) is 24.5 Å². The van der Waals surface area contributed by atoms with E-state index in [1.165, 1.54) is 18.2 Å². The second kappa shape index (κ2) is 8.63. The highest BCUT2D eigenvalue weighted by Crippen LogP contribution is 2.26. The number of carboxylic acid groups (broad SMARTS) is 1. The lowest BCUT2D eigenvalue weighted by Crippen LogP contribution is -2.08. The standard InChI is InChI=1S/C19H18O6/c20-16-12-14(25-18(23)9-5-4-8-17(21)22)10-11-15(16)19(24)13-6-2-1-3-7-13/h1-3,6-7,10-12,20H,4-5,8-9H2,(H,21,22). The summed E-state index contributed by atoms with van der Waals surface area (Å²) < 4.78 is 5.09. The van der Waals surface area contributed by atoms with Crippen molar-refractivity contribution >= 4 is 17.7 Å². The summed E-state index contributed by atoms with van der Waals surface area (Å²) in [5, 5.41) is 18.6. The van der Waals surface area contributed by atoms with Crippen LogP contribution in [0, 0.1) is 0 Å². The van der Waals surface area contributed by atoms with Crippen LogP contribution in [-0.2, 0) is 9.59 Å². The summed E-state index contributed by atoms with van der Waals surface area (Å²) in [4.78, 5) is 34.4. The lowest BCUT2D eigenvalue weighted by Gasteiger charge is -2.08. The number of aromatic hydroxyl groups is 1. The van der Waals surface area contributed by atoms with Gasteiger partial charge >= 0.3 is 11.9 Å². The van der Waals surface area contributed by atoms with E-state index in [9.17, 15) is 19.5 Å². The van der Waals surface area contributed by atoms with Gasteiger partial charge in [-0.1, -0.05) is 30.3 Å². The molecular weight excluding hydrogens is 324 g/mol. The fraction of sp³-hybridized carbons (Fsp3) is 0.211. The summed E-state index contributed by atoms with van der Waals surface area (Å²) in [6.07, 6.45) is 0.880. The molecular formula is C19H18O6. The van der Waals surface area contributed by atoms with Crippen molar-refractivity contribution in [2.45, 2.75) is 25.7 Å². The van der Waals surface area contributed by atoms with Gasteiger partial charge in [-0.2, -0.15) is 0 Å². The molecule has 2 aromatic carbocycles. The predicted molar refractivity (Wildman–Crippen MR) is 89.7 cm³/mol. The Hall–Kier alpha value is -3.15. The van der Waals surface area contributed by atoms with Crippen molar-refractivity contribution < 1.29 is 29.3 Å². The number of phenols is 1. The van der Waals surface area contributed by atoms with Crippen LogP contribution in [0.3, 0.4) is 0 Å². The van der Waals surface area contributed by atoms with Gasteiger partial charge in [0.2, 0.25) is 0 Å². The molecule has 25 heavy (non-hydrogen) atoms. The van der Waals surface area contributed by atoms with Crippen molar-refractivity contribution in [3.63, 3.8) is 0 Å². The third-order valence-electron chi connectivity index (χ3n) is 3.50. The minimum absolute atomic E-state index is 0.00433. The van der Waals surface area contributed by atoms with Crippen LogP contribution in [0.2, 0.25) is 0 Å². The minimum atomic E-state index is -0.906. The van der Waals surface area contributed by atoms with E-state index in [4.69, 9.17) is 9.84 Å². The maximum Gasteiger partial charge on any atom is 0.311 e. The normalized spacial score (nSPS) is 10.2. The fourth-order valence-electron chi connectivity index (χ4n) is 2.24. The first kappa shape index (κ1) is 18.2. The van der Waals surface area contributed by atoms with Crippen LogP contribution >= 0.6 is 0 Å². The number of hydrogen-bond donors (Lipinski definition) is 2. The largest absolute Gasteiger partial charge is 0.507 e. The second-order valence-electron chi connectivity index (χ2n) is 5.45. The Morgan fingerprint density at radius 1 is 0.920 bits per heavy atom. The molecule has 0 atom stereocenters. The van der Waals surface area contributed by atoms with Gasteiger partial charge in [0.25, 0.3) is 0 Å². The van der Waals surface area contributed by atoms with Gasteiger partial charge in [-0.25, -0.2) is 0 Å². The zero-order valence-electron chi connectivity index (χ0n) is 13.5. The molecule has 0 amide bonds. The van der Waals surface area contributed by atoms with E-state index in [1.807, 2.05) is 0 Å². The van der Waals surface area contributed by atoms with Gasteiger partial charge in [0.1, 0.15) is 11.5 Å². The maximum absolute atomic E-state index is 12.3. The molecule has 0 fully saturated rings. The van der Waals surface area contributed by atoms with Gasteiger partial charge < -0.3 is 14.9 Å². The molecule has 0 aliphatic rings. The number of ketones is 1. The number of aliphatic carboxylic acids is 1. The smallest absolute Gasteiger partial charge is 0.311 e. The zero-order chi connectivity index (χ0) is 18.2. The number of hydrogen-bond acceptors (Lipinski definition) is 5. The highest BCUT2D eigenvalue weighted by Gasteiger charge is 2.15. The van der Waals surface area contributed by atoms with Gasteiger partial charge in [0.15, 0.2) is 5.78 Å². The van der Waals surface area contributed by atoms with E-state index in [0.717, 1.165) is 0 Å². The molecule has 0 saturated carbocycles. The highest BCUT2D eigenvalue weighted by atomic mass is 16.5. The van der Waals surface area contributed by atoms with Crippen LogP contribution in [0.15, 0.2) is 48.5 Å². The summed E-state index contributed by atoms with van der Waals surface area (Å²) >= 11 is 0. The highest BCUT2D eigenvalue weighted by molar-refractivity contribution is 6.10. The van der Waals surface area contributed by atoms with E-state index in [-0.39, 0.29) is 35.7 Å². The quantitative estimate of drug-likeness (QED) is 0.331. The van der Waals surface area contributed by atoms with E-state index < -0.39 is 11.9 Å². The molecule has 0 saturated heterocycles. The summed E-state index contributed by atoms with van der Waals surface area (Å²) in [5.41, 5.74) is 0.563. The molecule has 2 aromatic rings. The topological polar surface area (TPSA) is 101 Å². The Morgan fingerprint density at radius 3 is 2.24 bits per heavy atom. The van der Waals surface area contributed by atoms with Crippen molar-refractivity contribution in [2.75, 3.05) is 0 Å². The Morgan fingerprint density at radius 2 is 1.60 bits per heavy atom. The van der Waals surface area contributed by atoms with Crippen LogP contribution in [0.1, 0.15) is 41.6 Å². The van der Waals surface area contributed by atoms with Crippen LogP contribution in [0.25, 0.3) is 0 Å². The summed E-state index contributed by atoms with van der Waals surface area (Å²) in [5.74, 6) is -1.90. The van der Waals surface area contributed by atoms with Gasteiger partial charge in [-0.15, -0.1) is 0 Å². The molecule has 0 aromatic heterocycles. The minimum Gasteiger partial charge on any atom is -0.507 e. The van der Waals surface area contributed by atoms with Crippen LogP contribution in [0.4, 0.5) is 0 Å². The summed E-state index contributed by atoms with van der Waals surface area (Å²) in [7, 11) is 0. The number of rotatable bonds is 8. The average molecular weight is 342 g/mol. The maximum atomic E-state index is 12.3. The van der Waals surface area contributed by atoms with E-state index in [2.05, 4.69) is 0 Å². The molecule has 0 bridgehead atoms. The summed E-state index contributed by atoms with van der Waals surface area (Å²) in [6, 6.07) is 12.6. The molecule has 6 nitrogen and oxygen atoms in total. The first-order valence-electron chi connectivity index (χ1n) is 7.82. The van der Waals surface area contributed by atoms with Crippen molar-refractivity contribution in [1.82, 2.24) is 0 Å². The molecule has 0 unspecified atom stereocenters. The molecule has 2 rings (SSSR count). The average Bonchev–Trinajstić information content (AvgIpc) is 2.59. The van der Waals surface area contributed by atoms with Crippen molar-refractivity contribution in [1.29, 1.82) is 0 Å². The fourth-order valence-corrected chi connectivity index (χ4v) is 2.24. The third kappa shape index (κ3) is 5.46. The lowest BCUT2D eigenvalue weighted by molar-refractivity contribution is -0.138. The number of esters is 1. The van der Waals surface area contributed by atoms with Crippen molar-refractivity contribution in [3.8, 4) is 11.5 Å². The molecule has 6 heteroatoms. The number of unbranched alkanes of at least 4 members (excludes halogenated alkanes) is 1. The molecule has 0 heterocycles. The Kier molecular flexibility index (Phi) is 6.28. The monoisotopic (exact) mass is 342 g/mol. The summed E-state index contributed by atoms with van der Waals surface area (Å²) in [6.45, 7) is 0. The molecule has 0 aliphatic heterocycles. The van der Waals surface area contributed by atoms with Crippen LogP contribution in [-0.4, -0.2) is 27.9 Å². The van der Waals surface area contributed by atoms with Crippen LogP contribution < -0.4 is 4.74 Å². The molecule has 2 N–H and O–H groups in total. The van der Waals surface area contributed by atoms with E-state index in [0.29, 0.717) is 18.4 Å². The number of benzene rings is 2. The number of ether oxygens (including phenoxy) is 1. The molecule has 0 spiro atoms. The SMILES string of the molecule is O=C(O)CCCCC(=O)Oc1ccc(C(=O)c2ccccc2)c(O)c1. The Balaban J connectivity index is 1.96. The van der Waals surface area contributed by atoms with E-state index >= 15 is 0 Å². The number of phenolic OH excluding ortho intramolecular Hbond substituents is 1. The zero-order valence-corrected chi connectivity index (χ0v) is 13.5. The second-order valence-corrected chi connectivity index (χ2v) is 5.45. The lowest BCUT2D eigenvalue weighted by atomic mass is 10.0.